The predicted octanol–water partition coefficient (Wildman–Crippen LogP) is 3.68. The molecule has 0 spiro atoms. The molecule has 0 bridgehead atoms. The van der Waals surface area contributed by atoms with Gasteiger partial charge < -0.3 is 10.6 Å². The highest BCUT2D eigenvalue weighted by Gasteiger charge is 2.27. The Labute approximate surface area is 173 Å². The summed E-state index contributed by atoms with van der Waals surface area (Å²) in [5, 5.41) is 15.6. The largest absolute Gasteiger partial charge is 0.351 e. The zero-order valence-corrected chi connectivity index (χ0v) is 16.6. The molecular formula is C22H19ClN4O2. The second-order valence-corrected chi connectivity index (χ2v) is 6.85. The fourth-order valence-corrected chi connectivity index (χ4v) is 3.00. The molecule has 0 saturated carbocycles. The number of aliphatic imine (C=N–C) groups is 1. The molecular weight excluding hydrogens is 388 g/mol. The summed E-state index contributed by atoms with van der Waals surface area (Å²) < 4.78 is 0. The Hall–Kier alpha value is -3.43. The first-order valence-corrected chi connectivity index (χ1v) is 9.61. The van der Waals surface area contributed by atoms with Gasteiger partial charge in [-0.05, 0) is 30.7 Å². The average Bonchev–Trinajstić information content (AvgIpc) is 3.07. The van der Waals surface area contributed by atoms with Crippen LogP contribution in [0, 0.1) is 11.3 Å². The molecule has 6 nitrogen and oxygen atoms in total. The maximum absolute atomic E-state index is 12.6. The van der Waals surface area contributed by atoms with Crippen molar-refractivity contribution in [2.75, 3.05) is 6.54 Å². The van der Waals surface area contributed by atoms with Gasteiger partial charge in [0.25, 0.3) is 11.8 Å². The third-order valence-electron chi connectivity index (χ3n) is 4.39. The molecule has 2 N–H and O–H groups in total. The molecule has 7 heteroatoms. The number of benzene rings is 2. The Morgan fingerprint density at radius 3 is 2.45 bits per heavy atom. The van der Waals surface area contributed by atoms with Crippen LogP contribution in [-0.4, -0.2) is 24.2 Å². The Morgan fingerprint density at radius 1 is 1.10 bits per heavy atom. The van der Waals surface area contributed by atoms with Crippen molar-refractivity contribution in [3.8, 4) is 6.07 Å². The lowest BCUT2D eigenvalue weighted by Gasteiger charge is -2.06. The second-order valence-electron chi connectivity index (χ2n) is 6.41. The highest BCUT2D eigenvalue weighted by atomic mass is 35.5. The van der Waals surface area contributed by atoms with E-state index in [1.165, 1.54) is 0 Å². The first-order chi connectivity index (χ1) is 14.0. The van der Waals surface area contributed by atoms with Crippen LogP contribution in [0.15, 0.2) is 59.1 Å². The maximum atomic E-state index is 12.6. The van der Waals surface area contributed by atoms with Crippen molar-refractivity contribution in [3.05, 3.63) is 75.8 Å². The van der Waals surface area contributed by atoms with Crippen LogP contribution in [0.5, 0.6) is 0 Å². The smallest absolute Gasteiger partial charge is 0.264 e. The Balaban J connectivity index is 1.94. The number of nitrogens with zero attached hydrogens (tertiary/aromatic N) is 2. The number of carbonyl (C=O) groups is 2. The van der Waals surface area contributed by atoms with E-state index >= 15 is 0 Å². The summed E-state index contributed by atoms with van der Waals surface area (Å²) in [6.07, 6.45) is 1.75. The number of rotatable bonds is 5. The Bertz CT molecular complexity index is 1050. The molecule has 2 aromatic carbocycles. The van der Waals surface area contributed by atoms with E-state index in [9.17, 15) is 14.9 Å². The van der Waals surface area contributed by atoms with Crippen LogP contribution < -0.4 is 10.6 Å². The number of carbonyl (C=O) groups excluding carboxylic acids is 2. The lowest BCUT2D eigenvalue weighted by atomic mass is 10.0. The number of halogens is 1. The molecule has 0 saturated heterocycles. The Morgan fingerprint density at radius 2 is 1.79 bits per heavy atom. The zero-order chi connectivity index (χ0) is 20.8. The molecule has 3 rings (SSSR count). The number of amides is 2. The summed E-state index contributed by atoms with van der Waals surface area (Å²) in [5.41, 5.74) is 1.87. The molecule has 1 heterocycles. The van der Waals surface area contributed by atoms with Gasteiger partial charge in [-0.3, -0.25) is 9.59 Å². The van der Waals surface area contributed by atoms with Crippen molar-refractivity contribution in [2.24, 2.45) is 4.99 Å². The van der Waals surface area contributed by atoms with Crippen LogP contribution in [0.4, 0.5) is 0 Å². The minimum absolute atomic E-state index is 0.0794. The molecule has 0 aromatic heterocycles. The van der Waals surface area contributed by atoms with Crippen molar-refractivity contribution in [1.29, 1.82) is 5.26 Å². The van der Waals surface area contributed by atoms with Gasteiger partial charge in [-0.2, -0.15) is 5.26 Å². The predicted molar refractivity (Wildman–Crippen MR) is 112 cm³/mol. The van der Waals surface area contributed by atoms with Crippen molar-refractivity contribution >= 4 is 34.9 Å². The van der Waals surface area contributed by atoms with Gasteiger partial charge in [0.15, 0.2) is 0 Å². The number of hydrogen-bond acceptors (Lipinski definition) is 4. The van der Waals surface area contributed by atoms with Gasteiger partial charge >= 0.3 is 0 Å². The van der Waals surface area contributed by atoms with Gasteiger partial charge in [0, 0.05) is 28.3 Å². The number of nitriles is 1. The van der Waals surface area contributed by atoms with Crippen molar-refractivity contribution in [2.45, 2.75) is 19.8 Å². The standard InChI is InChI=1S/C22H19ClN4O2/c1-2-3-12-25-22(29)18(13-24)19-16-6-4-5-7-17(16)20(26-19)27-21(28)14-8-10-15(23)11-9-14/h4-11H,2-3,12H2,1H3,(H,25,29)(H,26,27,28)/b19-18-. The summed E-state index contributed by atoms with van der Waals surface area (Å²) in [6, 6.07) is 15.6. The average molecular weight is 407 g/mol. The van der Waals surface area contributed by atoms with Crippen LogP contribution in [0.25, 0.3) is 5.70 Å². The molecule has 1 aliphatic rings. The van der Waals surface area contributed by atoms with E-state index in [4.69, 9.17) is 11.6 Å². The van der Waals surface area contributed by atoms with Crippen LogP contribution in [-0.2, 0) is 4.79 Å². The fraction of sp³-hybridized carbons (Fsp3) is 0.182. The summed E-state index contributed by atoms with van der Waals surface area (Å²) in [6.45, 7) is 2.50. The number of fused-ring (bicyclic) bond motifs is 1. The fourth-order valence-electron chi connectivity index (χ4n) is 2.87. The van der Waals surface area contributed by atoms with E-state index in [2.05, 4.69) is 15.6 Å². The highest BCUT2D eigenvalue weighted by molar-refractivity contribution is 6.30. The van der Waals surface area contributed by atoms with Crippen molar-refractivity contribution in [3.63, 3.8) is 0 Å². The quantitative estimate of drug-likeness (QED) is 0.450. The van der Waals surface area contributed by atoms with Gasteiger partial charge in [0.05, 0.1) is 5.70 Å². The van der Waals surface area contributed by atoms with E-state index in [0.29, 0.717) is 34.1 Å². The topological polar surface area (TPSA) is 94.3 Å². The number of unbranched alkanes of at least 4 members (excludes halogenated alkanes) is 1. The number of amidine groups is 1. The third kappa shape index (κ3) is 4.53. The third-order valence-corrected chi connectivity index (χ3v) is 4.64. The monoisotopic (exact) mass is 406 g/mol. The molecule has 0 radical (unpaired) electrons. The summed E-state index contributed by atoms with van der Waals surface area (Å²) in [4.78, 5) is 29.5. The van der Waals surface area contributed by atoms with E-state index < -0.39 is 5.91 Å². The van der Waals surface area contributed by atoms with Gasteiger partial charge in [-0.25, -0.2) is 4.99 Å². The van der Waals surface area contributed by atoms with Crippen LogP contribution in [0.3, 0.4) is 0 Å². The first-order valence-electron chi connectivity index (χ1n) is 9.23. The van der Waals surface area contributed by atoms with Gasteiger partial charge in [-0.15, -0.1) is 0 Å². The molecule has 2 aromatic rings. The van der Waals surface area contributed by atoms with E-state index in [-0.39, 0.29) is 17.2 Å². The van der Waals surface area contributed by atoms with Gasteiger partial charge in [0.1, 0.15) is 17.5 Å². The summed E-state index contributed by atoms with van der Waals surface area (Å²) >= 11 is 5.87. The Kier molecular flexibility index (Phi) is 6.43. The summed E-state index contributed by atoms with van der Waals surface area (Å²) in [5.74, 6) is -0.535. The van der Waals surface area contributed by atoms with E-state index in [1.807, 2.05) is 13.0 Å². The molecule has 0 atom stereocenters. The molecule has 1 aliphatic heterocycles. The van der Waals surface area contributed by atoms with Crippen LogP contribution in [0.2, 0.25) is 5.02 Å². The SMILES string of the molecule is CCCCNC(=O)/C(C#N)=C1\N=C(NC(=O)c2ccc(Cl)cc2)c2ccccc21. The van der Waals surface area contributed by atoms with Gasteiger partial charge in [-0.1, -0.05) is 49.2 Å². The number of hydrogen-bond donors (Lipinski definition) is 2. The second kappa shape index (κ2) is 9.18. The zero-order valence-electron chi connectivity index (χ0n) is 15.8. The number of nitrogens with one attached hydrogen (secondary N) is 2. The van der Waals surface area contributed by atoms with Crippen molar-refractivity contribution < 1.29 is 9.59 Å². The highest BCUT2D eigenvalue weighted by Crippen LogP contribution is 2.30. The molecule has 0 fully saturated rings. The van der Waals surface area contributed by atoms with Crippen molar-refractivity contribution in [1.82, 2.24) is 10.6 Å². The summed E-state index contributed by atoms with van der Waals surface area (Å²) in [7, 11) is 0. The van der Waals surface area contributed by atoms with Crippen LogP contribution >= 0.6 is 11.6 Å². The molecule has 2 amide bonds. The van der Waals surface area contributed by atoms with E-state index in [1.54, 1.807) is 48.5 Å². The molecule has 146 valence electrons. The van der Waals surface area contributed by atoms with E-state index in [0.717, 1.165) is 12.8 Å². The molecule has 0 unspecified atom stereocenters. The molecule has 29 heavy (non-hydrogen) atoms. The van der Waals surface area contributed by atoms with Crippen LogP contribution in [0.1, 0.15) is 41.3 Å². The molecule has 0 aliphatic carbocycles. The first kappa shape index (κ1) is 20.3. The normalized spacial score (nSPS) is 13.8. The van der Waals surface area contributed by atoms with Gasteiger partial charge in [0.2, 0.25) is 0 Å². The lowest BCUT2D eigenvalue weighted by Crippen LogP contribution is -2.30. The minimum Gasteiger partial charge on any atom is -0.351 e. The lowest BCUT2D eigenvalue weighted by molar-refractivity contribution is -0.117. The maximum Gasteiger partial charge on any atom is 0.264 e. The minimum atomic E-state index is -0.472.